The van der Waals surface area contributed by atoms with Crippen molar-refractivity contribution in [3.05, 3.63) is 12.2 Å². The molecule has 1 aliphatic carbocycles. The molecule has 10 heavy (non-hydrogen) atoms. The lowest BCUT2D eigenvalue weighted by Crippen LogP contribution is -2.41. The summed E-state index contributed by atoms with van der Waals surface area (Å²) in [6.07, 6.45) is 6.53. The molecule has 0 aromatic heterocycles. The van der Waals surface area contributed by atoms with E-state index in [-0.39, 0.29) is 0 Å². The quantitative estimate of drug-likeness (QED) is 0.597. The predicted octanol–water partition coefficient (Wildman–Crippen LogP) is 1.07. The second-order valence-electron chi connectivity index (χ2n) is 2.76. The second-order valence-corrected chi connectivity index (χ2v) is 2.76. The fourth-order valence-electron chi connectivity index (χ4n) is 1.03. The number of hydrogen-bond donors (Lipinski definition) is 1. The average molecular weight is 141 g/mol. The maximum absolute atomic E-state index is 5.58. The van der Waals surface area contributed by atoms with Crippen LogP contribution < -0.4 is 5.73 Å². The van der Waals surface area contributed by atoms with Crippen LogP contribution in [-0.4, -0.2) is 18.8 Å². The van der Waals surface area contributed by atoms with Crippen molar-refractivity contribution in [2.75, 3.05) is 6.61 Å². The molecule has 1 aliphatic rings. The Morgan fingerprint density at radius 3 is 2.80 bits per heavy atom. The molecule has 0 aliphatic heterocycles. The van der Waals surface area contributed by atoms with Crippen LogP contribution in [0.25, 0.3) is 0 Å². The van der Waals surface area contributed by atoms with Crippen LogP contribution in [0.2, 0.25) is 0 Å². The highest BCUT2D eigenvalue weighted by Gasteiger charge is 2.25. The molecule has 1 saturated carbocycles. The summed E-state index contributed by atoms with van der Waals surface area (Å²) in [4.78, 5) is 0. The molecule has 1 rings (SSSR count). The van der Waals surface area contributed by atoms with Gasteiger partial charge in [-0.05, 0) is 19.8 Å². The van der Waals surface area contributed by atoms with Crippen molar-refractivity contribution in [2.45, 2.75) is 31.9 Å². The van der Waals surface area contributed by atoms with Gasteiger partial charge < -0.3 is 10.5 Å². The van der Waals surface area contributed by atoms with Crippen LogP contribution in [0.1, 0.15) is 19.8 Å². The Hall–Kier alpha value is -0.340. The van der Waals surface area contributed by atoms with Crippen LogP contribution >= 0.6 is 0 Å². The van der Waals surface area contributed by atoms with Crippen molar-refractivity contribution in [1.29, 1.82) is 0 Å². The van der Waals surface area contributed by atoms with E-state index in [0.29, 0.717) is 12.1 Å². The molecule has 2 heteroatoms. The van der Waals surface area contributed by atoms with Crippen LogP contribution in [0.5, 0.6) is 0 Å². The third kappa shape index (κ3) is 2.12. The minimum absolute atomic E-state index is 0.399. The van der Waals surface area contributed by atoms with Crippen LogP contribution in [-0.2, 0) is 4.74 Å². The van der Waals surface area contributed by atoms with E-state index in [4.69, 9.17) is 10.5 Å². The van der Waals surface area contributed by atoms with Crippen LogP contribution in [0.3, 0.4) is 0 Å². The lowest BCUT2D eigenvalue weighted by Gasteiger charge is -2.31. The maximum Gasteiger partial charge on any atom is 0.0651 e. The third-order valence-electron chi connectivity index (χ3n) is 1.80. The number of allylic oxidation sites excluding steroid dienone is 1. The van der Waals surface area contributed by atoms with Crippen molar-refractivity contribution in [1.82, 2.24) is 0 Å². The highest BCUT2D eigenvalue weighted by Crippen LogP contribution is 2.20. The zero-order chi connectivity index (χ0) is 7.40. The summed E-state index contributed by atoms with van der Waals surface area (Å²) in [5, 5.41) is 0. The lowest BCUT2D eigenvalue weighted by molar-refractivity contribution is 0.00700. The van der Waals surface area contributed by atoms with Gasteiger partial charge in [0.1, 0.15) is 0 Å². The first kappa shape index (κ1) is 7.76. The predicted molar refractivity (Wildman–Crippen MR) is 41.8 cm³/mol. The standard InChI is InChI=1S/C8H15NO/c1-2-3-4-10-8-5-7(9)6-8/h2-3,7-8H,4-6,9H2,1H3. The topological polar surface area (TPSA) is 35.2 Å². The van der Waals surface area contributed by atoms with Gasteiger partial charge in [0.05, 0.1) is 12.7 Å². The smallest absolute Gasteiger partial charge is 0.0651 e. The minimum Gasteiger partial charge on any atom is -0.374 e. The molecule has 1 fully saturated rings. The molecule has 58 valence electrons. The second kappa shape index (κ2) is 3.74. The molecule has 2 nitrogen and oxygen atoms in total. The summed E-state index contributed by atoms with van der Waals surface area (Å²) in [6.45, 7) is 2.74. The SMILES string of the molecule is CC=CCOC1CC(N)C1. The Balaban J connectivity index is 1.95. The maximum atomic E-state index is 5.58. The summed E-state index contributed by atoms with van der Waals surface area (Å²) in [6, 6.07) is 0.399. The Kier molecular flexibility index (Phi) is 2.90. The molecule has 0 aromatic carbocycles. The first-order valence-corrected chi connectivity index (χ1v) is 3.81. The number of rotatable bonds is 3. The van der Waals surface area contributed by atoms with Crippen LogP contribution in [0.15, 0.2) is 12.2 Å². The molecular formula is C8H15NO. The third-order valence-corrected chi connectivity index (χ3v) is 1.80. The monoisotopic (exact) mass is 141 g/mol. The summed E-state index contributed by atoms with van der Waals surface area (Å²) < 4.78 is 5.42. The first-order valence-electron chi connectivity index (χ1n) is 3.81. The van der Waals surface area contributed by atoms with Gasteiger partial charge in [0.2, 0.25) is 0 Å². The van der Waals surface area contributed by atoms with Crippen molar-refractivity contribution >= 4 is 0 Å². The first-order chi connectivity index (χ1) is 4.83. The van der Waals surface area contributed by atoms with Gasteiger partial charge in [0.15, 0.2) is 0 Å². The fraction of sp³-hybridized carbons (Fsp3) is 0.750. The Morgan fingerprint density at radius 2 is 2.30 bits per heavy atom. The van der Waals surface area contributed by atoms with E-state index in [0.717, 1.165) is 19.4 Å². The van der Waals surface area contributed by atoms with Crippen molar-refractivity contribution in [3.63, 3.8) is 0 Å². The zero-order valence-corrected chi connectivity index (χ0v) is 6.42. The normalized spacial score (nSPS) is 32.6. The van der Waals surface area contributed by atoms with Gasteiger partial charge in [-0.3, -0.25) is 0 Å². The molecule has 0 unspecified atom stereocenters. The fourth-order valence-corrected chi connectivity index (χ4v) is 1.03. The van der Waals surface area contributed by atoms with E-state index in [2.05, 4.69) is 0 Å². The van der Waals surface area contributed by atoms with Crippen LogP contribution in [0, 0.1) is 0 Å². The molecule has 0 amide bonds. The van der Waals surface area contributed by atoms with E-state index in [1.54, 1.807) is 0 Å². The average Bonchev–Trinajstić information content (AvgIpc) is 1.85. The van der Waals surface area contributed by atoms with E-state index < -0.39 is 0 Å². The highest BCUT2D eigenvalue weighted by atomic mass is 16.5. The van der Waals surface area contributed by atoms with Gasteiger partial charge in [-0.1, -0.05) is 12.2 Å². The van der Waals surface area contributed by atoms with Crippen molar-refractivity contribution in [2.24, 2.45) is 5.73 Å². The molecule has 0 radical (unpaired) electrons. The lowest BCUT2D eigenvalue weighted by atomic mass is 9.90. The zero-order valence-electron chi connectivity index (χ0n) is 6.42. The number of hydrogen-bond acceptors (Lipinski definition) is 2. The van der Waals surface area contributed by atoms with Gasteiger partial charge >= 0.3 is 0 Å². The van der Waals surface area contributed by atoms with E-state index in [1.807, 2.05) is 19.1 Å². The van der Waals surface area contributed by atoms with E-state index >= 15 is 0 Å². The summed E-state index contributed by atoms with van der Waals surface area (Å²) in [7, 11) is 0. The molecule has 2 N–H and O–H groups in total. The Morgan fingerprint density at radius 1 is 1.60 bits per heavy atom. The van der Waals surface area contributed by atoms with Crippen molar-refractivity contribution in [3.8, 4) is 0 Å². The summed E-state index contributed by atoms with van der Waals surface area (Å²) in [5.74, 6) is 0. The summed E-state index contributed by atoms with van der Waals surface area (Å²) >= 11 is 0. The molecule has 0 saturated heterocycles. The van der Waals surface area contributed by atoms with Gasteiger partial charge in [-0.2, -0.15) is 0 Å². The molecule has 0 bridgehead atoms. The van der Waals surface area contributed by atoms with Gasteiger partial charge in [-0.25, -0.2) is 0 Å². The van der Waals surface area contributed by atoms with Crippen LogP contribution in [0.4, 0.5) is 0 Å². The number of ether oxygens (including phenoxy) is 1. The van der Waals surface area contributed by atoms with Crippen molar-refractivity contribution < 1.29 is 4.74 Å². The minimum atomic E-state index is 0.399. The Bertz CT molecular complexity index is 116. The molecule has 0 spiro atoms. The van der Waals surface area contributed by atoms with Gasteiger partial charge in [0, 0.05) is 6.04 Å². The molecule has 0 aromatic rings. The molecule has 0 heterocycles. The highest BCUT2D eigenvalue weighted by molar-refractivity contribution is 4.84. The molecule has 0 atom stereocenters. The Labute approximate surface area is 62.1 Å². The largest absolute Gasteiger partial charge is 0.374 e. The summed E-state index contributed by atoms with van der Waals surface area (Å²) in [5.41, 5.74) is 5.58. The molecular weight excluding hydrogens is 126 g/mol. The van der Waals surface area contributed by atoms with Gasteiger partial charge in [0.25, 0.3) is 0 Å². The van der Waals surface area contributed by atoms with E-state index in [9.17, 15) is 0 Å². The van der Waals surface area contributed by atoms with Gasteiger partial charge in [-0.15, -0.1) is 0 Å². The van der Waals surface area contributed by atoms with E-state index in [1.165, 1.54) is 0 Å². The number of nitrogens with two attached hydrogens (primary N) is 1.